The van der Waals surface area contributed by atoms with E-state index in [1.165, 1.54) is 11.0 Å². The van der Waals surface area contributed by atoms with Crippen LogP contribution in [-0.2, 0) is 11.3 Å². The Hall–Kier alpha value is -1.79. The molecule has 0 spiro atoms. The fraction of sp³-hybridized carbons (Fsp3) is 0.400. The van der Waals surface area contributed by atoms with E-state index in [0.29, 0.717) is 10.0 Å². The highest BCUT2D eigenvalue weighted by Crippen LogP contribution is 2.32. The molecule has 3 rings (SSSR count). The Balaban J connectivity index is 1.64. The zero-order chi connectivity index (χ0) is 16.6. The number of amides is 1. The third kappa shape index (κ3) is 3.59. The summed E-state index contributed by atoms with van der Waals surface area (Å²) in [6.07, 6.45) is 3.48. The average Bonchev–Trinajstić information content (AvgIpc) is 3.28. The second-order valence-electron chi connectivity index (χ2n) is 5.67. The average molecular weight is 355 g/mol. The first kappa shape index (κ1) is 16.1. The molecular weight excluding hydrogens is 339 g/mol. The molecule has 0 aliphatic heterocycles. The van der Waals surface area contributed by atoms with E-state index in [1.54, 1.807) is 22.8 Å². The Morgan fingerprint density at radius 1 is 1.39 bits per heavy atom. The van der Waals surface area contributed by atoms with Crippen molar-refractivity contribution in [2.75, 3.05) is 0 Å². The SMILES string of the molecule is C[C@H](NC(=O)Cn1ncn(C2CC2)c1=O)c1ccc(Cl)c(Cl)c1. The van der Waals surface area contributed by atoms with E-state index in [4.69, 9.17) is 23.2 Å². The fourth-order valence-electron chi connectivity index (χ4n) is 2.35. The largest absolute Gasteiger partial charge is 0.348 e. The van der Waals surface area contributed by atoms with Crippen molar-refractivity contribution < 1.29 is 4.79 Å². The van der Waals surface area contributed by atoms with Crippen LogP contribution in [0.3, 0.4) is 0 Å². The molecule has 1 atom stereocenters. The molecule has 1 saturated carbocycles. The smallest absolute Gasteiger partial charge is 0.346 e. The molecule has 1 aromatic carbocycles. The Kier molecular flexibility index (Phi) is 4.46. The van der Waals surface area contributed by atoms with Gasteiger partial charge in [-0.25, -0.2) is 9.48 Å². The first-order valence-corrected chi connectivity index (χ1v) is 8.09. The predicted molar refractivity (Wildman–Crippen MR) is 87.8 cm³/mol. The van der Waals surface area contributed by atoms with Crippen molar-refractivity contribution >= 4 is 29.1 Å². The summed E-state index contributed by atoms with van der Waals surface area (Å²) in [5, 5.41) is 7.71. The maximum Gasteiger partial charge on any atom is 0.346 e. The normalized spacial score (nSPS) is 15.4. The van der Waals surface area contributed by atoms with Gasteiger partial charge in [0.2, 0.25) is 5.91 Å². The lowest BCUT2D eigenvalue weighted by Crippen LogP contribution is -2.34. The third-order valence-electron chi connectivity index (χ3n) is 3.81. The van der Waals surface area contributed by atoms with Crippen molar-refractivity contribution in [3.05, 3.63) is 50.6 Å². The molecule has 1 heterocycles. The van der Waals surface area contributed by atoms with Gasteiger partial charge >= 0.3 is 5.69 Å². The van der Waals surface area contributed by atoms with Crippen LogP contribution in [0.4, 0.5) is 0 Å². The van der Waals surface area contributed by atoms with Gasteiger partial charge in [-0.1, -0.05) is 29.3 Å². The van der Waals surface area contributed by atoms with Crippen LogP contribution in [0.25, 0.3) is 0 Å². The van der Waals surface area contributed by atoms with Crippen LogP contribution < -0.4 is 11.0 Å². The highest BCUT2D eigenvalue weighted by Gasteiger charge is 2.26. The van der Waals surface area contributed by atoms with Gasteiger partial charge in [0.15, 0.2) is 0 Å². The second-order valence-corrected chi connectivity index (χ2v) is 6.49. The number of nitrogens with zero attached hydrogens (tertiary/aromatic N) is 3. The number of benzene rings is 1. The van der Waals surface area contributed by atoms with Gasteiger partial charge in [-0.05, 0) is 37.5 Å². The van der Waals surface area contributed by atoms with E-state index in [9.17, 15) is 9.59 Å². The number of hydrogen-bond acceptors (Lipinski definition) is 3. The van der Waals surface area contributed by atoms with E-state index < -0.39 is 0 Å². The summed E-state index contributed by atoms with van der Waals surface area (Å²) in [6, 6.07) is 5.19. The van der Waals surface area contributed by atoms with Gasteiger partial charge in [0, 0.05) is 6.04 Å². The molecular formula is C15H16Cl2N4O2. The van der Waals surface area contributed by atoms with Crippen molar-refractivity contribution in [2.24, 2.45) is 0 Å². The van der Waals surface area contributed by atoms with Gasteiger partial charge in [0.25, 0.3) is 0 Å². The van der Waals surface area contributed by atoms with Crippen molar-refractivity contribution in [2.45, 2.75) is 38.4 Å². The van der Waals surface area contributed by atoms with Gasteiger partial charge in [-0.15, -0.1) is 0 Å². The number of carbonyl (C=O) groups excluding carboxylic acids is 1. The van der Waals surface area contributed by atoms with Gasteiger partial charge < -0.3 is 5.32 Å². The lowest BCUT2D eigenvalue weighted by molar-refractivity contribution is -0.122. The van der Waals surface area contributed by atoms with Crippen molar-refractivity contribution in [1.29, 1.82) is 0 Å². The van der Waals surface area contributed by atoms with Crippen LogP contribution in [0.5, 0.6) is 0 Å². The highest BCUT2D eigenvalue weighted by atomic mass is 35.5. The van der Waals surface area contributed by atoms with Crippen molar-refractivity contribution in [1.82, 2.24) is 19.7 Å². The van der Waals surface area contributed by atoms with E-state index in [2.05, 4.69) is 10.4 Å². The number of rotatable bonds is 5. The van der Waals surface area contributed by atoms with Crippen LogP contribution >= 0.6 is 23.2 Å². The lowest BCUT2D eigenvalue weighted by Gasteiger charge is -2.14. The van der Waals surface area contributed by atoms with E-state index in [-0.39, 0.29) is 30.2 Å². The molecule has 2 aromatic rings. The molecule has 1 N–H and O–H groups in total. The van der Waals surface area contributed by atoms with Crippen LogP contribution in [0.1, 0.15) is 37.4 Å². The number of carbonyl (C=O) groups is 1. The minimum Gasteiger partial charge on any atom is -0.348 e. The number of nitrogens with one attached hydrogen (secondary N) is 1. The lowest BCUT2D eigenvalue weighted by atomic mass is 10.1. The molecule has 1 fully saturated rings. The predicted octanol–water partition coefficient (Wildman–Crippen LogP) is 2.56. The Morgan fingerprint density at radius 3 is 2.78 bits per heavy atom. The van der Waals surface area contributed by atoms with Gasteiger partial charge in [0.1, 0.15) is 12.9 Å². The molecule has 1 aliphatic rings. The highest BCUT2D eigenvalue weighted by molar-refractivity contribution is 6.42. The molecule has 1 aliphatic carbocycles. The summed E-state index contributed by atoms with van der Waals surface area (Å²) in [5.74, 6) is -0.285. The van der Waals surface area contributed by atoms with Gasteiger partial charge in [-0.2, -0.15) is 5.10 Å². The van der Waals surface area contributed by atoms with E-state index in [0.717, 1.165) is 18.4 Å². The van der Waals surface area contributed by atoms with Crippen LogP contribution in [0.2, 0.25) is 10.0 Å². The minimum absolute atomic E-state index is 0.107. The summed E-state index contributed by atoms with van der Waals surface area (Å²) in [7, 11) is 0. The maximum absolute atomic E-state index is 12.1. The molecule has 1 amide bonds. The van der Waals surface area contributed by atoms with Crippen LogP contribution in [0.15, 0.2) is 29.3 Å². The van der Waals surface area contributed by atoms with Crippen LogP contribution in [-0.4, -0.2) is 20.3 Å². The summed E-state index contributed by atoms with van der Waals surface area (Å²) in [5.41, 5.74) is 0.591. The van der Waals surface area contributed by atoms with Crippen LogP contribution in [0, 0.1) is 0 Å². The van der Waals surface area contributed by atoms with Crippen molar-refractivity contribution in [3.63, 3.8) is 0 Å². The molecule has 1 aromatic heterocycles. The van der Waals surface area contributed by atoms with Gasteiger partial charge in [-0.3, -0.25) is 9.36 Å². The standard InChI is InChI=1S/C15H16Cl2N4O2/c1-9(10-2-5-12(16)13(17)6-10)19-14(22)7-21-15(23)20(8-18-21)11-3-4-11/h2,5-6,8-9,11H,3-4,7H2,1H3,(H,19,22)/t9-/m0/s1. The first-order valence-electron chi connectivity index (χ1n) is 7.34. The molecule has 122 valence electrons. The maximum atomic E-state index is 12.1. The molecule has 6 nitrogen and oxygen atoms in total. The van der Waals surface area contributed by atoms with Crippen molar-refractivity contribution in [3.8, 4) is 0 Å². The summed E-state index contributed by atoms with van der Waals surface area (Å²) in [4.78, 5) is 24.2. The zero-order valence-electron chi connectivity index (χ0n) is 12.5. The molecule has 8 heteroatoms. The summed E-state index contributed by atoms with van der Waals surface area (Å²) >= 11 is 11.9. The monoisotopic (exact) mass is 354 g/mol. The Labute approximate surface area is 143 Å². The topological polar surface area (TPSA) is 68.9 Å². The second kappa shape index (κ2) is 6.37. The molecule has 0 saturated heterocycles. The van der Waals surface area contributed by atoms with E-state index >= 15 is 0 Å². The Morgan fingerprint density at radius 2 is 2.13 bits per heavy atom. The fourth-order valence-corrected chi connectivity index (χ4v) is 2.66. The molecule has 0 bridgehead atoms. The number of aromatic nitrogens is 3. The number of halogens is 2. The number of hydrogen-bond donors (Lipinski definition) is 1. The van der Waals surface area contributed by atoms with E-state index in [1.807, 2.05) is 6.92 Å². The molecule has 0 unspecified atom stereocenters. The minimum atomic E-state index is -0.285. The Bertz CT molecular complexity index is 795. The quantitative estimate of drug-likeness (QED) is 0.896. The molecule has 23 heavy (non-hydrogen) atoms. The molecule has 0 radical (unpaired) electrons. The van der Waals surface area contributed by atoms with Gasteiger partial charge in [0.05, 0.1) is 16.1 Å². The first-order chi connectivity index (χ1) is 11.0. The zero-order valence-corrected chi connectivity index (χ0v) is 14.0. The summed E-state index contributed by atoms with van der Waals surface area (Å²) in [6.45, 7) is 1.73. The summed E-state index contributed by atoms with van der Waals surface area (Å²) < 4.78 is 2.75. The third-order valence-corrected chi connectivity index (χ3v) is 4.55.